The Morgan fingerprint density at radius 2 is 2.15 bits per heavy atom. The van der Waals surface area contributed by atoms with E-state index in [-0.39, 0.29) is 12.1 Å². The van der Waals surface area contributed by atoms with Crippen LogP contribution >= 0.6 is 11.6 Å². The molecule has 1 atom stereocenters. The number of anilines is 1. The van der Waals surface area contributed by atoms with Gasteiger partial charge in [0.25, 0.3) is 0 Å². The van der Waals surface area contributed by atoms with Crippen LogP contribution in [0.25, 0.3) is 5.69 Å². The van der Waals surface area contributed by atoms with E-state index in [2.05, 4.69) is 20.8 Å². The third-order valence-electron chi connectivity index (χ3n) is 4.80. The van der Waals surface area contributed by atoms with Gasteiger partial charge in [0.1, 0.15) is 6.33 Å². The fourth-order valence-electron chi connectivity index (χ4n) is 3.47. The number of hydrogen-bond acceptors (Lipinski definition) is 4. The Morgan fingerprint density at radius 1 is 1.26 bits per heavy atom. The lowest BCUT2D eigenvalue weighted by atomic mass is 10.0. The van der Waals surface area contributed by atoms with Crippen molar-refractivity contribution in [3.05, 3.63) is 64.9 Å². The molecule has 27 heavy (non-hydrogen) atoms. The molecule has 1 saturated heterocycles. The Labute approximate surface area is 161 Å². The average Bonchev–Trinajstić information content (AvgIpc) is 3.35. The molecule has 0 aliphatic carbocycles. The first-order valence-corrected chi connectivity index (χ1v) is 9.17. The Hall–Kier alpha value is -2.93. The van der Waals surface area contributed by atoms with E-state index in [0.29, 0.717) is 17.3 Å². The molecule has 1 fully saturated rings. The fourth-order valence-corrected chi connectivity index (χ4v) is 3.67. The van der Waals surface area contributed by atoms with Gasteiger partial charge >= 0.3 is 6.03 Å². The lowest BCUT2D eigenvalue weighted by molar-refractivity contribution is 0.207. The molecule has 4 rings (SSSR count). The number of hydrogen-bond donors (Lipinski definition) is 1. The van der Waals surface area contributed by atoms with Crippen molar-refractivity contribution in [2.24, 2.45) is 0 Å². The molecular weight excluding hydrogens is 364 g/mol. The number of carbonyl (C=O) groups is 1. The number of benzene rings is 2. The highest BCUT2D eigenvalue weighted by Crippen LogP contribution is 2.33. The van der Waals surface area contributed by atoms with Gasteiger partial charge in [-0.15, -0.1) is 5.10 Å². The van der Waals surface area contributed by atoms with E-state index in [1.54, 1.807) is 4.68 Å². The van der Waals surface area contributed by atoms with Crippen LogP contribution in [0.3, 0.4) is 0 Å². The van der Waals surface area contributed by atoms with Gasteiger partial charge in [-0.05, 0) is 65.6 Å². The summed E-state index contributed by atoms with van der Waals surface area (Å²) in [6.45, 7) is 2.69. The third-order valence-corrected chi connectivity index (χ3v) is 5.04. The molecule has 2 heterocycles. The first-order valence-electron chi connectivity index (χ1n) is 8.79. The smallest absolute Gasteiger partial charge is 0.317 e. The molecule has 8 heteroatoms. The van der Waals surface area contributed by atoms with Gasteiger partial charge in [-0.25, -0.2) is 9.48 Å². The number of aromatic nitrogens is 4. The van der Waals surface area contributed by atoms with Crippen molar-refractivity contribution in [3.8, 4) is 5.69 Å². The maximum atomic E-state index is 12.9. The summed E-state index contributed by atoms with van der Waals surface area (Å²) in [6.07, 6.45) is 3.43. The number of carbonyl (C=O) groups excluding carboxylic acids is 1. The van der Waals surface area contributed by atoms with Crippen LogP contribution in [0.1, 0.15) is 30.0 Å². The zero-order valence-electron chi connectivity index (χ0n) is 14.8. The van der Waals surface area contributed by atoms with Crippen LogP contribution in [0.2, 0.25) is 5.02 Å². The number of nitrogens with one attached hydrogen (secondary N) is 1. The van der Waals surface area contributed by atoms with E-state index in [1.165, 1.54) is 6.33 Å². The van der Waals surface area contributed by atoms with E-state index in [4.69, 9.17) is 11.6 Å². The number of rotatable bonds is 3. The summed E-state index contributed by atoms with van der Waals surface area (Å²) >= 11 is 6.12. The normalized spacial score (nSPS) is 16.5. The summed E-state index contributed by atoms with van der Waals surface area (Å²) in [6, 6.07) is 13.3. The quantitative estimate of drug-likeness (QED) is 0.743. The highest BCUT2D eigenvalue weighted by Gasteiger charge is 2.30. The molecule has 0 saturated carbocycles. The number of aryl methyl sites for hydroxylation is 1. The lowest BCUT2D eigenvalue weighted by Crippen LogP contribution is -2.34. The van der Waals surface area contributed by atoms with Crippen molar-refractivity contribution in [1.29, 1.82) is 0 Å². The summed E-state index contributed by atoms with van der Waals surface area (Å²) in [7, 11) is 0. The van der Waals surface area contributed by atoms with Crippen molar-refractivity contribution < 1.29 is 4.79 Å². The molecule has 2 aromatic carbocycles. The van der Waals surface area contributed by atoms with Crippen LogP contribution in [-0.2, 0) is 0 Å². The van der Waals surface area contributed by atoms with Crippen LogP contribution in [0.4, 0.5) is 10.5 Å². The first kappa shape index (κ1) is 17.5. The molecule has 1 N–H and O–H groups in total. The Bertz CT molecular complexity index is 959. The molecule has 0 radical (unpaired) electrons. The second-order valence-corrected chi connectivity index (χ2v) is 7.03. The molecule has 0 spiro atoms. The molecular formula is C19H19ClN6O. The van der Waals surface area contributed by atoms with Gasteiger partial charge in [0, 0.05) is 17.3 Å². The minimum absolute atomic E-state index is 0.0353. The van der Waals surface area contributed by atoms with Crippen molar-refractivity contribution in [1.82, 2.24) is 25.1 Å². The van der Waals surface area contributed by atoms with Crippen molar-refractivity contribution in [2.75, 3.05) is 11.9 Å². The number of halogens is 1. The van der Waals surface area contributed by atoms with E-state index < -0.39 is 0 Å². The average molecular weight is 383 g/mol. The number of urea groups is 1. The second-order valence-electron chi connectivity index (χ2n) is 6.59. The molecule has 1 aliphatic rings. The minimum atomic E-state index is -0.121. The lowest BCUT2D eigenvalue weighted by Gasteiger charge is -2.25. The molecule has 1 aromatic heterocycles. The van der Waals surface area contributed by atoms with E-state index in [9.17, 15) is 4.79 Å². The van der Waals surface area contributed by atoms with Gasteiger partial charge in [0.05, 0.1) is 11.7 Å². The molecule has 2 amide bonds. The first-order chi connectivity index (χ1) is 13.1. The van der Waals surface area contributed by atoms with E-state index in [0.717, 1.165) is 29.7 Å². The molecule has 1 unspecified atom stereocenters. The summed E-state index contributed by atoms with van der Waals surface area (Å²) in [5.74, 6) is 0. The van der Waals surface area contributed by atoms with Crippen molar-refractivity contribution in [2.45, 2.75) is 25.8 Å². The fraction of sp³-hybridized carbons (Fsp3) is 0.263. The number of amides is 2. The number of tetrazole rings is 1. The van der Waals surface area contributed by atoms with Crippen LogP contribution in [-0.4, -0.2) is 37.7 Å². The summed E-state index contributed by atoms with van der Waals surface area (Å²) < 4.78 is 1.58. The molecule has 3 aromatic rings. The predicted octanol–water partition coefficient (Wildman–Crippen LogP) is 3.99. The van der Waals surface area contributed by atoms with Crippen LogP contribution < -0.4 is 5.32 Å². The maximum absolute atomic E-state index is 12.9. The maximum Gasteiger partial charge on any atom is 0.322 e. The zero-order chi connectivity index (χ0) is 18.8. The van der Waals surface area contributed by atoms with Crippen molar-refractivity contribution in [3.63, 3.8) is 0 Å². The Morgan fingerprint density at radius 3 is 2.93 bits per heavy atom. The second kappa shape index (κ2) is 7.36. The molecule has 1 aliphatic heterocycles. The van der Waals surface area contributed by atoms with Gasteiger partial charge in [-0.3, -0.25) is 0 Å². The zero-order valence-corrected chi connectivity index (χ0v) is 15.6. The van der Waals surface area contributed by atoms with Gasteiger partial charge in [-0.1, -0.05) is 29.8 Å². The minimum Gasteiger partial charge on any atom is -0.317 e. The molecule has 7 nitrogen and oxygen atoms in total. The molecule has 0 bridgehead atoms. The predicted molar refractivity (Wildman–Crippen MR) is 103 cm³/mol. The van der Waals surface area contributed by atoms with Crippen LogP contribution in [0.5, 0.6) is 0 Å². The highest BCUT2D eigenvalue weighted by atomic mass is 35.5. The molecule has 138 valence electrons. The Balaban J connectivity index is 1.54. The van der Waals surface area contributed by atoms with Gasteiger partial charge in [0.15, 0.2) is 0 Å². The van der Waals surface area contributed by atoms with Crippen LogP contribution in [0, 0.1) is 6.92 Å². The number of nitrogens with zero attached hydrogens (tertiary/aromatic N) is 5. The summed E-state index contributed by atoms with van der Waals surface area (Å²) in [5.41, 5.74) is 3.60. The van der Waals surface area contributed by atoms with Crippen molar-refractivity contribution >= 4 is 23.3 Å². The number of likely N-dealkylation sites (tertiary alicyclic amines) is 1. The SMILES string of the molecule is Cc1ccc(NC(=O)N2CCCC2c2cccc(Cl)c2)cc1-n1cnnn1. The monoisotopic (exact) mass is 382 g/mol. The van der Waals surface area contributed by atoms with Gasteiger partial charge in [-0.2, -0.15) is 0 Å². The Kier molecular flexibility index (Phi) is 4.77. The van der Waals surface area contributed by atoms with E-state index in [1.807, 2.05) is 54.3 Å². The largest absolute Gasteiger partial charge is 0.322 e. The summed E-state index contributed by atoms with van der Waals surface area (Å²) in [4.78, 5) is 14.8. The standard InChI is InChI=1S/C19H19ClN6O/c1-13-7-8-16(11-18(13)26-12-21-23-24-26)22-19(27)25-9-3-6-17(25)14-4-2-5-15(20)10-14/h2,4-5,7-8,10-12,17H,3,6,9H2,1H3,(H,22,27). The highest BCUT2D eigenvalue weighted by molar-refractivity contribution is 6.30. The van der Waals surface area contributed by atoms with Crippen LogP contribution in [0.15, 0.2) is 48.8 Å². The topological polar surface area (TPSA) is 75.9 Å². The summed E-state index contributed by atoms with van der Waals surface area (Å²) in [5, 5.41) is 14.9. The van der Waals surface area contributed by atoms with E-state index >= 15 is 0 Å². The van der Waals surface area contributed by atoms with Gasteiger partial charge in [0.2, 0.25) is 0 Å². The third kappa shape index (κ3) is 3.64. The van der Waals surface area contributed by atoms with Gasteiger partial charge < -0.3 is 10.2 Å².